The van der Waals surface area contributed by atoms with Gasteiger partial charge in [0.25, 0.3) is 5.56 Å². The molecule has 0 spiro atoms. The van der Waals surface area contributed by atoms with Gasteiger partial charge in [0.05, 0.1) is 52.0 Å². The van der Waals surface area contributed by atoms with Crippen molar-refractivity contribution >= 4 is 55.2 Å². The van der Waals surface area contributed by atoms with Crippen LogP contribution in [0, 0.1) is 0 Å². The van der Waals surface area contributed by atoms with Gasteiger partial charge in [0.1, 0.15) is 5.75 Å². The molecule has 1 atom stereocenters. The van der Waals surface area contributed by atoms with E-state index in [1.54, 1.807) is 18.2 Å². The van der Waals surface area contributed by atoms with Gasteiger partial charge in [-0.25, -0.2) is 9.79 Å². The summed E-state index contributed by atoms with van der Waals surface area (Å²) in [5.41, 5.74) is 1.43. The zero-order chi connectivity index (χ0) is 27.4. The van der Waals surface area contributed by atoms with Crippen LogP contribution in [0.3, 0.4) is 0 Å². The molecule has 0 amide bonds. The molecule has 0 N–H and O–H groups in total. The lowest BCUT2D eigenvalue weighted by atomic mass is 9.97. The molecule has 0 bridgehead atoms. The monoisotopic (exact) mass is 664 g/mol. The number of carbonyl (C=O) groups excluding carboxylic acids is 1. The van der Waals surface area contributed by atoms with Crippen LogP contribution in [0.4, 0.5) is 0 Å². The fraction of sp³-hybridized carbons (Fsp3) is 0.296. The van der Waals surface area contributed by atoms with Crippen molar-refractivity contribution in [3.05, 3.63) is 81.9 Å². The second-order valence-electron chi connectivity index (χ2n) is 7.99. The Morgan fingerprint density at radius 3 is 2.32 bits per heavy atom. The number of methoxy groups -OCH3 is 1. The number of rotatable bonds is 9. The number of halogens is 2. The van der Waals surface area contributed by atoms with Crippen molar-refractivity contribution in [2.24, 2.45) is 4.99 Å². The van der Waals surface area contributed by atoms with E-state index in [1.165, 1.54) is 29.2 Å². The van der Waals surface area contributed by atoms with Gasteiger partial charge in [-0.3, -0.25) is 9.36 Å². The van der Waals surface area contributed by atoms with Gasteiger partial charge in [0, 0.05) is 6.20 Å². The third-order valence-corrected chi connectivity index (χ3v) is 7.79. The Hall–Kier alpha value is -2.89. The quantitative estimate of drug-likeness (QED) is 0.307. The predicted molar refractivity (Wildman–Crippen MR) is 153 cm³/mol. The van der Waals surface area contributed by atoms with Gasteiger partial charge in [0.15, 0.2) is 16.3 Å². The highest BCUT2D eigenvalue weighted by atomic mass is 79.9. The van der Waals surface area contributed by atoms with E-state index < -0.39 is 12.0 Å². The maximum atomic E-state index is 13.8. The van der Waals surface area contributed by atoms with Crippen molar-refractivity contribution in [3.63, 3.8) is 0 Å². The highest BCUT2D eigenvalue weighted by molar-refractivity contribution is 9.11. The van der Waals surface area contributed by atoms with Crippen LogP contribution in [-0.2, 0) is 9.53 Å². The molecule has 0 aliphatic carbocycles. The van der Waals surface area contributed by atoms with Gasteiger partial charge in [-0.15, -0.1) is 0 Å². The van der Waals surface area contributed by atoms with Crippen LogP contribution in [0.1, 0.15) is 37.9 Å². The van der Waals surface area contributed by atoms with Crippen LogP contribution in [0.25, 0.3) is 6.08 Å². The Morgan fingerprint density at radius 2 is 1.68 bits per heavy atom. The standard InChI is InChI=1S/C27H26Br2N2O6S/c1-5-35-20-9-8-16(13-21(20)36-6-2)23-17(26(33)34-4)14-30-27-31(23)25(32)22(38-27)12-15-10-18(28)24(37-7-3)19(29)11-15/h8-14,23H,5-7H2,1-4H3/b22-12-/t23-/m1/s1. The van der Waals surface area contributed by atoms with Gasteiger partial charge in [-0.05, 0) is 94.1 Å². The second kappa shape index (κ2) is 12.3. The van der Waals surface area contributed by atoms with Gasteiger partial charge in [-0.2, -0.15) is 0 Å². The van der Waals surface area contributed by atoms with Crippen molar-refractivity contribution < 1.29 is 23.7 Å². The highest BCUT2D eigenvalue weighted by Gasteiger charge is 2.31. The second-order valence-corrected chi connectivity index (χ2v) is 10.7. The first-order valence-electron chi connectivity index (χ1n) is 11.9. The number of benzene rings is 2. The van der Waals surface area contributed by atoms with E-state index in [0.717, 1.165) is 14.5 Å². The van der Waals surface area contributed by atoms with E-state index in [1.807, 2.05) is 39.0 Å². The minimum atomic E-state index is -0.755. The number of carbonyl (C=O) groups is 1. The van der Waals surface area contributed by atoms with Crippen molar-refractivity contribution in [2.75, 3.05) is 26.9 Å². The first-order chi connectivity index (χ1) is 18.3. The number of hydrogen-bond acceptors (Lipinski definition) is 8. The summed E-state index contributed by atoms with van der Waals surface area (Å²) in [7, 11) is 1.30. The minimum Gasteiger partial charge on any atom is -0.492 e. The van der Waals surface area contributed by atoms with Crippen molar-refractivity contribution in [2.45, 2.75) is 26.8 Å². The van der Waals surface area contributed by atoms with Crippen molar-refractivity contribution in [1.29, 1.82) is 0 Å². The molecule has 11 heteroatoms. The molecule has 4 rings (SSSR count). The van der Waals surface area contributed by atoms with E-state index in [2.05, 4.69) is 36.9 Å². The zero-order valence-corrected chi connectivity index (χ0v) is 25.2. The molecule has 3 aromatic rings. The molecule has 1 aliphatic rings. The summed E-state index contributed by atoms with van der Waals surface area (Å²) in [6, 6.07) is 8.40. The zero-order valence-electron chi connectivity index (χ0n) is 21.2. The van der Waals surface area contributed by atoms with Crippen molar-refractivity contribution in [3.8, 4) is 17.2 Å². The van der Waals surface area contributed by atoms with Crippen molar-refractivity contribution in [1.82, 2.24) is 4.57 Å². The van der Waals surface area contributed by atoms with Gasteiger partial charge in [-0.1, -0.05) is 17.4 Å². The van der Waals surface area contributed by atoms with Crippen LogP contribution in [0.2, 0.25) is 0 Å². The number of fused-ring (bicyclic) bond motifs is 1. The Balaban J connectivity index is 1.88. The lowest BCUT2D eigenvalue weighted by Crippen LogP contribution is -2.39. The normalized spacial score (nSPS) is 14.8. The molecule has 8 nitrogen and oxygen atoms in total. The average Bonchev–Trinajstić information content (AvgIpc) is 3.21. The summed E-state index contributed by atoms with van der Waals surface area (Å²) < 4.78 is 25.7. The maximum absolute atomic E-state index is 13.8. The molecular formula is C27H26Br2N2O6S. The van der Waals surface area contributed by atoms with E-state index in [9.17, 15) is 9.59 Å². The van der Waals surface area contributed by atoms with Gasteiger partial charge in [0.2, 0.25) is 0 Å². The lowest BCUT2D eigenvalue weighted by molar-refractivity contribution is -0.136. The predicted octanol–water partition coefficient (Wildman–Crippen LogP) is 4.74. The maximum Gasteiger partial charge on any atom is 0.337 e. The van der Waals surface area contributed by atoms with Gasteiger partial charge >= 0.3 is 5.97 Å². The minimum absolute atomic E-state index is 0.240. The number of ether oxygens (including phenoxy) is 4. The van der Waals surface area contributed by atoms with Crippen LogP contribution in [-0.4, -0.2) is 37.5 Å². The number of aromatic nitrogens is 1. The Morgan fingerprint density at radius 1 is 1.03 bits per heavy atom. The van der Waals surface area contributed by atoms with Crippen LogP contribution in [0.5, 0.6) is 17.2 Å². The largest absolute Gasteiger partial charge is 0.492 e. The SMILES string of the molecule is CCOc1ccc([C@@H]2C(C(=O)OC)=CN=c3s/c(=C\c4cc(Br)c(OCC)c(Br)c4)c(=O)n32)cc1OCC. The Bertz CT molecular complexity index is 1550. The van der Waals surface area contributed by atoms with E-state index >= 15 is 0 Å². The first-order valence-corrected chi connectivity index (χ1v) is 14.3. The van der Waals surface area contributed by atoms with Gasteiger partial charge < -0.3 is 18.9 Å². The third-order valence-electron chi connectivity index (χ3n) is 5.62. The molecule has 1 aliphatic heterocycles. The molecule has 1 aromatic heterocycles. The number of hydrogen-bond donors (Lipinski definition) is 0. The van der Waals surface area contributed by atoms with Crippen LogP contribution < -0.4 is 29.1 Å². The summed E-state index contributed by atoms with van der Waals surface area (Å²) >= 11 is 8.32. The topological polar surface area (TPSA) is 88.4 Å². The molecule has 0 radical (unpaired) electrons. The number of thiazole rings is 1. The van der Waals surface area contributed by atoms with Crippen LogP contribution in [0.15, 0.2) is 60.8 Å². The number of nitrogens with zero attached hydrogens (tertiary/aromatic N) is 2. The summed E-state index contributed by atoms with van der Waals surface area (Å²) in [5, 5.41) is 0. The fourth-order valence-electron chi connectivity index (χ4n) is 4.08. The highest BCUT2D eigenvalue weighted by Crippen LogP contribution is 2.36. The smallest absolute Gasteiger partial charge is 0.337 e. The average molecular weight is 666 g/mol. The summed E-state index contributed by atoms with van der Waals surface area (Å²) in [6.07, 6.45) is 3.25. The molecule has 0 fully saturated rings. The Kier molecular flexibility index (Phi) is 9.11. The van der Waals surface area contributed by atoms with E-state index in [4.69, 9.17) is 18.9 Å². The summed E-state index contributed by atoms with van der Waals surface area (Å²) in [4.78, 5) is 31.4. The molecule has 0 saturated heterocycles. The van der Waals surface area contributed by atoms with E-state index in [0.29, 0.717) is 52.0 Å². The lowest BCUT2D eigenvalue weighted by Gasteiger charge is -2.23. The molecule has 38 heavy (non-hydrogen) atoms. The summed E-state index contributed by atoms with van der Waals surface area (Å²) in [6.45, 7) is 7.10. The molecule has 200 valence electrons. The van der Waals surface area contributed by atoms with E-state index in [-0.39, 0.29) is 11.1 Å². The van der Waals surface area contributed by atoms with Crippen LogP contribution >= 0.6 is 43.2 Å². The summed E-state index contributed by atoms with van der Waals surface area (Å²) in [5.74, 6) is 1.23. The molecule has 0 saturated carbocycles. The fourth-order valence-corrected chi connectivity index (χ4v) is 6.50. The first kappa shape index (κ1) is 28.1. The molecule has 2 aromatic carbocycles. The number of esters is 1. The third kappa shape index (κ3) is 5.60. The molecular weight excluding hydrogens is 640 g/mol. The molecule has 0 unspecified atom stereocenters. The molecule has 2 heterocycles. The Labute approximate surface area is 240 Å².